The fourth-order valence-corrected chi connectivity index (χ4v) is 7.17. The molecule has 0 spiro atoms. The molecule has 1 aliphatic rings. The number of aromatic nitrogens is 1. The van der Waals surface area contributed by atoms with E-state index in [0.29, 0.717) is 51.7 Å². The summed E-state index contributed by atoms with van der Waals surface area (Å²) in [5.41, 5.74) is 6.35. The zero-order chi connectivity index (χ0) is 42.1. The van der Waals surface area contributed by atoms with Gasteiger partial charge in [0.25, 0.3) is 0 Å². The molecular formula is C41H68N10O6. The van der Waals surface area contributed by atoms with E-state index < -0.39 is 59.3 Å². The summed E-state index contributed by atoms with van der Waals surface area (Å²) in [6, 6.07) is 3.22. The first-order valence-corrected chi connectivity index (χ1v) is 20.4. The molecule has 1 aliphatic heterocycles. The largest absolute Gasteiger partial charge is 0.467 e. The van der Waals surface area contributed by atoms with Gasteiger partial charge < -0.3 is 52.3 Å². The van der Waals surface area contributed by atoms with Crippen LogP contribution in [0.1, 0.15) is 92.1 Å². The summed E-state index contributed by atoms with van der Waals surface area (Å²) in [5.74, 6) is -2.40. The number of para-hydroxylation sites is 1. The number of ether oxygens (including phenoxy) is 1. The number of fused-ring (bicyclic) bond motifs is 1. The van der Waals surface area contributed by atoms with E-state index in [2.05, 4.69) is 43.8 Å². The summed E-state index contributed by atoms with van der Waals surface area (Å²) >= 11 is 0. The van der Waals surface area contributed by atoms with Crippen molar-refractivity contribution in [2.45, 2.75) is 123 Å². The van der Waals surface area contributed by atoms with Crippen LogP contribution in [0.25, 0.3) is 10.9 Å². The second-order valence-corrected chi connectivity index (χ2v) is 16.4. The van der Waals surface area contributed by atoms with Crippen LogP contribution in [0.15, 0.2) is 30.5 Å². The Hall–Kier alpha value is -4.70. The highest BCUT2D eigenvalue weighted by Crippen LogP contribution is 2.24. The van der Waals surface area contributed by atoms with Gasteiger partial charge in [-0.2, -0.15) is 0 Å². The molecule has 0 saturated carbocycles. The number of nitrogens with zero attached hydrogens (tertiary/aromatic N) is 1. The second kappa shape index (κ2) is 22.9. The molecule has 0 radical (unpaired) electrons. The van der Waals surface area contributed by atoms with Crippen molar-refractivity contribution in [3.8, 4) is 0 Å². The van der Waals surface area contributed by atoms with E-state index in [-0.39, 0.29) is 24.2 Å². The van der Waals surface area contributed by atoms with Crippen LogP contribution in [0.3, 0.4) is 0 Å². The Labute approximate surface area is 337 Å². The van der Waals surface area contributed by atoms with E-state index in [4.69, 9.17) is 15.9 Å². The molecule has 0 aliphatic carbocycles. The Kier molecular flexibility index (Phi) is 18.7. The zero-order valence-corrected chi connectivity index (χ0v) is 35.0. The molecule has 1 aromatic carbocycles. The van der Waals surface area contributed by atoms with Gasteiger partial charge in [0, 0.05) is 36.6 Å². The molecule has 1 fully saturated rings. The fraction of sp³-hybridized carbons (Fsp3) is 0.659. The quantitative estimate of drug-likeness (QED) is 0.0344. The van der Waals surface area contributed by atoms with E-state index in [1.165, 1.54) is 7.11 Å². The highest BCUT2D eigenvalue weighted by molar-refractivity contribution is 5.96. The first kappa shape index (κ1) is 46.7. The van der Waals surface area contributed by atoms with Crippen molar-refractivity contribution in [1.82, 2.24) is 41.8 Å². The third-order valence-corrected chi connectivity index (χ3v) is 10.2. The van der Waals surface area contributed by atoms with Gasteiger partial charge in [-0.3, -0.25) is 24.6 Å². The predicted octanol–water partition coefficient (Wildman–Crippen LogP) is 2.03. The highest BCUT2D eigenvalue weighted by Gasteiger charge is 2.40. The van der Waals surface area contributed by atoms with E-state index in [9.17, 15) is 24.0 Å². The van der Waals surface area contributed by atoms with Crippen molar-refractivity contribution in [2.75, 3.05) is 39.8 Å². The number of nitrogens with one attached hydrogen (secondary N) is 8. The zero-order valence-electron chi connectivity index (χ0n) is 35.0. The number of methoxy groups -OCH3 is 1. The molecule has 16 heteroatoms. The first-order chi connectivity index (χ1) is 27.1. The van der Waals surface area contributed by atoms with Crippen LogP contribution in [-0.2, 0) is 35.1 Å². The summed E-state index contributed by atoms with van der Waals surface area (Å²) in [6.07, 6.45) is 6.19. The maximum atomic E-state index is 14.4. The number of benzene rings is 1. The number of likely N-dealkylation sites (tertiary alicyclic amines) is 1. The summed E-state index contributed by atoms with van der Waals surface area (Å²) in [4.78, 5) is 74.1. The lowest BCUT2D eigenvalue weighted by molar-refractivity contribution is -0.146. The molecule has 5 atom stereocenters. The predicted molar refractivity (Wildman–Crippen MR) is 222 cm³/mol. The number of carbonyl (C=O) groups is 5. The molecule has 318 valence electrons. The van der Waals surface area contributed by atoms with Crippen molar-refractivity contribution in [2.24, 2.45) is 17.1 Å². The fourth-order valence-electron chi connectivity index (χ4n) is 7.17. The van der Waals surface area contributed by atoms with E-state index in [1.54, 1.807) is 11.1 Å². The number of hydrogen-bond donors (Lipinski definition) is 9. The summed E-state index contributed by atoms with van der Waals surface area (Å²) < 4.78 is 4.95. The molecular weight excluding hydrogens is 729 g/mol. The number of guanidine groups is 1. The topological polar surface area (TPSA) is 236 Å². The Morgan fingerprint density at radius 1 is 0.965 bits per heavy atom. The molecule has 0 unspecified atom stereocenters. The summed E-state index contributed by atoms with van der Waals surface area (Å²) in [6.45, 7) is 14.6. The molecule has 3 rings (SSSR count). The van der Waals surface area contributed by atoms with Gasteiger partial charge in [-0.25, -0.2) is 4.79 Å². The normalized spacial score (nSPS) is 16.4. The standard InChI is InChI=1S/C41H68N10O6/c1-8-44-19-11-12-20-45-30(17-13-21-46-40(42)43)38(55)51-22-14-18-33(51)36(53)48-31(24-27-25-47-29-16-10-9-15-28(27)29)35(52)50-34(41(4,5)6)37(54)49-32(23-26(2)3)39(56)57-7/h9-10,15-16,25-26,30-34,44-45,47H,8,11-14,17-24H2,1-7H3,(H,48,53)(H,49,54)(H,50,52)(H4,42,43,46)/t30-,31-,32-,33-,34+/m0/s1. The van der Waals surface area contributed by atoms with Gasteiger partial charge in [0.15, 0.2) is 5.96 Å². The van der Waals surface area contributed by atoms with Crippen molar-refractivity contribution < 1.29 is 28.7 Å². The number of esters is 1. The van der Waals surface area contributed by atoms with Crippen molar-refractivity contribution in [3.63, 3.8) is 0 Å². The van der Waals surface area contributed by atoms with Crippen molar-refractivity contribution in [1.29, 1.82) is 5.41 Å². The maximum Gasteiger partial charge on any atom is 0.328 e. The highest BCUT2D eigenvalue weighted by atomic mass is 16.5. The van der Waals surface area contributed by atoms with Crippen LogP contribution in [0.5, 0.6) is 0 Å². The Bertz CT molecular complexity index is 1640. The van der Waals surface area contributed by atoms with Crippen molar-refractivity contribution in [3.05, 3.63) is 36.0 Å². The van der Waals surface area contributed by atoms with E-state index >= 15 is 0 Å². The van der Waals surface area contributed by atoms with Gasteiger partial charge in [0.2, 0.25) is 23.6 Å². The molecule has 2 aromatic rings. The van der Waals surface area contributed by atoms with Crippen LogP contribution >= 0.6 is 0 Å². The van der Waals surface area contributed by atoms with Crippen LogP contribution in [-0.4, -0.2) is 115 Å². The van der Waals surface area contributed by atoms with Crippen LogP contribution in [0, 0.1) is 16.7 Å². The van der Waals surface area contributed by atoms with Gasteiger partial charge in [0.05, 0.1) is 13.2 Å². The number of aromatic amines is 1. The van der Waals surface area contributed by atoms with Gasteiger partial charge in [-0.1, -0.05) is 59.7 Å². The van der Waals surface area contributed by atoms with Gasteiger partial charge in [0.1, 0.15) is 24.2 Å². The first-order valence-electron chi connectivity index (χ1n) is 20.4. The van der Waals surface area contributed by atoms with Crippen LogP contribution in [0.2, 0.25) is 0 Å². The average molecular weight is 797 g/mol. The number of amides is 4. The molecule has 1 aromatic heterocycles. The molecule has 1 saturated heterocycles. The second-order valence-electron chi connectivity index (χ2n) is 16.4. The van der Waals surface area contributed by atoms with Crippen LogP contribution in [0.4, 0.5) is 0 Å². The summed E-state index contributed by atoms with van der Waals surface area (Å²) in [5, 5.41) is 26.5. The number of unbranched alkanes of at least 4 members (excludes halogenated alkanes) is 1. The van der Waals surface area contributed by atoms with E-state index in [1.807, 2.05) is 58.9 Å². The lowest BCUT2D eigenvalue weighted by Gasteiger charge is -2.33. The summed E-state index contributed by atoms with van der Waals surface area (Å²) in [7, 11) is 1.26. The van der Waals surface area contributed by atoms with Gasteiger partial charge in [-0.15, -0.1) is 0 Å². The molecule has 10 N–H and O–H groups in total. The minimum Gasteiger partial charge on any atom is -0.467 e. The molecule has 2 heterocycles. The number of carbonyl (C=O) groups excluding carboxylic acids is 5. The number of rotatable bonds is 23. The third-order valence-electron chi connectivity index (χ3n) is 10.2. The third kappa shape index (κ3) is 14.6. The molecule has 16 nitrogen and oxygen atoms in total. The Morgan fingerprint density at radius 3 is 2.35 bits per heavy atom. The lowest BCUT2D eigenvalue weighted by atomic mass is 9.85. The van der Waals surface area contributed by atoms with Gasteiger partial charge >= 0.3 is 5.97 Å². The average Bonchev–Trinajstić information content (AvgIpc) is 3.82. The number of nitrogens with two attached hydrogens (primary N) is 1. The smallest absolute Gasteiger partial charge is 0.328 e. The maximum absolute atomic E-state index is 14.4. The number of H-pyrrole nitrogens is 1. The Balaban J connectivity index is 1.86. The molecule has 0 bridgehead atoms. The minimum absolute atomic E-state index is 0.0813. The SMILES string of the molecule is CCNCCCCN[C@@H](CCCNC(=N)N)C(=O)N1CCC[C@H]1C(=O)N[C@@H](Cc1c[nH]c2ccccc12)C(=O)N[C@H](C(=O)N[C@@H](CC(C)C)C(=O)OC)C(C)(C)C. The minimum atomic E-state index is -1.11. The van der Waals surface area contributed by atoms with Gasteiger partial charge in [-0.05, 0) is 87.5 Å². The Morgan fingerprint density at radius 2 is 1.68 bits per heavy atom. The molecule has 4 amide bonds. The monoisotopic (exact) mass is 797 g/mol. The van der Waals surface area contributed by atoms with Crippen LogP contribution < -0.4 is 37.6 Å². The van der Waals surface area contributed by atoms with Crippen molar-refractivity contribution >= 4 is 46.5 Å². The van der Waals surface area contributed by atoms with E-state index in [0.717, 1.165) is 42.4 Å². The number of hydrogen-bond acceptors (Lipinski definition) is 9. The molecule has 57 heavy (non-hydrogen) atoms. The lowest BCUT2D eigenvalue weighted by Crippen LogP contribution is -2.61.